The third kappa shape index (κ3) is 26.1. The molecule has 0 fully saturated rings. The van der Waals surface area contributed by atoms with Crippen molar-refractivity contribution in [3.63, 3.8) is 0 Å². The molecule has 0 aliphatic carbocycles. The molecule has 0 amide bonds. The molecule has 6 aromatic heterocycles. The molecule has 7 heterocycles. The number of aromatic nitrogens is 5. The zero-order valence-corrected chi connectivity index (χ0v) is 73.1. The highest BCUT2D eigenvalue weighted by Crippen LogP contribution is 2.36. The van der Waals surface area contributed by atoms with Gasteiger partial charge in [-0.1, -0.05) is 266 Å². The van der Waals surface area contributed by atoms with Crippen LogP contribution in [0.2, 0.25) is 0 Å². The first-order valence-electron chi connectivity index (χ1n) is 40.5. The van der Waals surface area contributed by atoms with Crippen molar-refractivity contribution in [1.29, 1.82) is 0 Å². The van der Waals surface area contributed by atoms with Crippen molar-refractivity contribution in [2.45, 2.75) is 186 Å². The SMILES string of the molecule is CC.CC.CC.CC.CC.CC.CC.CC.CC.CC.Cc1ccc2c(oc3cccnc32)c1-c1cccc[n+]1C.Cc1ccccc1-c1c2ccccc2cc[n+]1C.Cc1ccccc1-c1cc2ccccc2c[n+]1C.Cc1ccccc1-c1ccc2ccccc2[n+]1C.Cc1ccccc1N1C=CN(C)[C@@H]1C. The van der Waals surface area contributed by atoms with Gasteiger partial charge >= 0.3 is 0 Å². The van der Waals surface area contributed by atoms with Crippen molar-refractivity contribution in [3.8, 4) is 45.0 Å². The van der Waals surface area contributed by atoms with Crippen LogP contribution < -0.4 is 23.2 Å². The highest BCUT2D eigenvalue weighted by Gasteiger charge is 2.23. The van der Waals surface area contributed by atoms with E-state index in [2.05, 4.69) is 359 Å². The summed E-state index contributed by atoms with van der Waals surface area (Å²) in [4.78, 5) is 8.94. The van der Waals surface area contributed by atoms with Gasteiger partial charge in [0.25, 0.3) is 0 Å². The molecule has 0 spiro atoms. The van der Waals surface area contributed by atoms with Crippen molar-refractivity contribution in [1.82, 2.24) is 9.88 Å². The van der Waals surface area contributed by atoms with E-state index >= 15 is 0 Å². The molecule has 15 rings (SSSR count). The van der Waals surface area contributed by atoms with E-state index in [9.17, 15) is 0 Å². The van der Waals surface area contributed by atoms with Crippen molar-refractivity contribution in [3.05, 3.63) is 302 Å². The van der Waals surface area contributed by atoms with Crippen LogP contribution in [0.25, 0.3) is 99.5 Å². The Morgan fingerprint density at radius 2 is 0.844 bits per heavy atom. The van der Waals surface area contributed by atoms with Crippen LogP contribution in [0.15, 0.2) is 278 Å². The zero-order chi connectivity index (χ0) is 82.1. The molecule has 8 nitrogen and oxygen atoms in total. The van der Waals surface area contributed by atoms with Gasteiger partial charge in [0.2, 0.25) is 28.3 Å². The Hall–Kier alpha value is -10.6. The monoisotopic (exact) mass is 1470 g/mol. The van der Waals surface area contributed by atoms with E-state index in [1.54, 1.807) is 6.20 Å². The third-order valence-corrected chi connectivity index (χ3v) is 17.1. The third-order valence-electron chi connectivity index (χ3n) is 17.1. The summed E-state index contributed by atoms with van der Waals surface area (Å²) in [7, 11) is 10.5. The molecular formula is C101H139N7O+4. The fourth-order valence-electron chi connectivity index (χ4n) is 12.0. The predicted molar refractivity (Wildman–Crippen MR) is 482 cm³/mol. The lowest BCUT2D eigenvalue weighted by molar-refractivity contribution is -0.660. The van der Waals surface area contributed by atoms with Gasteiger partial charge in [0.15, 0.2) is 29.8 Å². The number of anilines is 1. The first-order chi connectivity index (χ1) is 53.2. The molecule has 0 saturated heterocycles. The fraction of sp³-hybridized carbons (Fsp3) is 0.317. The topological polar surface area (TPSA) is 48.0 Å². The number of pyridine rings is 5. The average Bonchev–Trinajstić information content (AvgIpc) is 1.64. The summed E-state index contributed by atoms with van der Waals surface area (Å²) < 4.78 is 14.9. The average molecular weight is 1470 g/mol. The number of benzene rings is 8. The summed E-state index contributed by atoms with van der Waals surface area (Å²) in [5.41, 5.74) is 21.6. The maximum atomic E-state index is 6.10. The Kier molecular flexibility index (Phi) is 47.8. The maximum absolute atomic E-state index is 6.10. The molecule has 0 bridgehead atoms. The number of rotatable bonds is 5. The van der Waals surface area contributed by atoms with E-state index in [0.29, 0.717) is 6.17 Å². The van der Waals surface area contributed by atoms with Crippen molar-refractivity contribution >= 4 is 60.2 Å². The molecule has 8 heteroatoms. The number of para-hydroxylation sites is 2. The van der Waals surface area contributed by atoms with Crippen LogP contribution in [0.4, 0.5) is 5.69 Å². The highest BCUT2D eigenvalue weighted by molar-refractivity contribution is 6.07. The minimum absolute atomic E-state index is 0.413. The molecule has 8 aromatic carbocycles. The Morgan fingerprint density at radius 3 is 1.39 bits per heavy atom. The molecular weight excluding hydrogens is 1330 g/mol. The highest BCUT2D eigenvalue weighted by atomic mass is 16.3. The van der Waals surface area contributed by atoms with Gasteiger partial charge in [0, 0.05) is 101 Å². The molecule has 0 radical (unpaired) electrons. The van der Waals surface area contributed by atoms with E-state index in [0.717, 1.165) is 33.3 Å². The van der Waals surface area contributed by atoms with Gasteiger partial charge in [-0.05, 0) is 153 Å². The van der Waals surface area contributed by atoms with Crippen LogP contribution in [0.1, 0.15) is 173 Å². The number of hydrogen-bond acceptors (Lipinski definition) is 4. The second-order valence-electron chi connectivity index (χ2n) is 23.1. The van der Waals surface area contributed by atoms with Gasteiger partial charge < -0.3 is 14.2 Å². The van der Waals surface area contributed by atoms with E-state index < -0.39 is 0 Å². The van der Waals surface area contributed by atoms with E-state index in [1.807, 2.05) is 157 Å². The molecule has 14 aromatic rings. The Labute approximate surface area is 661 Å². The molecule has 1 aliphatic heterocycles. The number of hydrogen-bond donors (Lipinski definition) is 0. The lowest BCUT2D eigenvalue weighted by Crippen LogP contribution is -2.33. The summed E-state index contributed by atoms with van der Waals surface area (Å²) in [6.07, 6.45) is 12.8. The van der Waals surface area contributed by atoms with Gasteiger partial charge in [-0.25, -0.2) is 13.7 Å². The largest absolute Gasteiger partial charge is 0.453 e. The summed E-state index contributed by atoms with van der Waals surface area (Å²) in [5.74, 6) is 0. The van der Waals surface area contributed by atoms with Crippen LogP contribution in [0, 0.1) is 34.6 Å². The number of fused-ring (bicyclic) bond motifs is 6. The van der Waals surface area contributed by atoms with Gasteiger partial charge in [0.1, 0.15) is 39.9 Å². The number of nitrogens with zero attached hydrogens (tertiary/aromatic N) is 7. The van der Waals surface area contributed by atoms with Crippen molar-refractivity contribution < 1.29 is 22.7 Å². The Morgan fingerprint density at radius 1 is 0.358 bits per heavy atom. The molecule has 109 heavy (non-hydrogen) atoms. The summed E-state index contributed by atoms with van der Waals surface area (Å²) in [6.45, 7) is 52.9. The molecule has 0 unspecified atom stereocenters. The van der Waals surface area contributed by atoms with Gasteiger partial charge in [-0.3, -0.25) is 4.98 Å². The molecule has 580 valence electrons. The van der Waals surface area contributed by atoms with Crippen molar-refractivity contribution in [2.24, 2.45) is 28.2 Å². The first kappa shape index (κ1) is 96.4. The standard InChI is InChI=1S/C18H15N2O.3C17H16N.C12H16N2.10C2H6/c1-12-8-9-13-17-15(7-5-10-19-17)21-18(13)16(12)14-6-3-4-11-20(14)2;1-13-7-3-6-10-16(13)17-11-14-8-4-5-9-15(14)12-18(17)2;1-13-7-3-5-9-15(13)17-16-10-6-4-8-14(16)11-12-18(17)2;1-13-7-3-5-9-15(13)17-12-11-14-8-4-6-10-16(14)18(17)2;1-10-6-4-5-7-12(10)14-9-8-13(3)11(14)2;10*1-2/h3-11H,1-2H3;3*3-12H,1-2H3;4-9,11H,1-3H3;10*1-2H3/q4*+1;;;;;;;;;;;/t;;;;11-;;;;;;;;;;/m....0........../s1. The number of furan rings is 1. The number of aryl methyl sites for hydroxylation is 9. The molecule has 1 atom stereocenters. The van der Waals surface area contributed by atoms with Gasteiger partial charge in [-0.2, -0.15) is 4.57 Å². The smallest absolute Gasteiger partial charge is 0.220 e. The molecule has 1 aliphatic rings. The van der Waals surface area contributed by atoms with E-state index in [-0.39, 0.29) is 0 Å². The summed E-state index contributed by atoms with van der Waals surface area (Å²) in [6, 6.07) is 82.6. The second kappa shape index (κ2) is 54.1. The molecule has 0 N–H and O–H groups in total. The van der Waals surface area contributed by atoms with Crippen LogP contribution in [-0.4, -0.2) is 23.1 Å². The van der Waals surface area contributed by atoms with Crippen LogP contribution in [0.5, 0.6) is 0 Å². The van der Waals surface area contributed by atoms with Crippen molar-refractivity contribution in [2.75, 3.05) is 11.9 Å². The Balaban J connectivity index is 0.000000645. The summed E-state index contributed by atoms with van der Waals surface area (Å²) in [5, 5.41) is 7.49. The van der Waals surface area contributed by atoms with E-state index in [4.69, 9.17) is 4.42 Å². The van der Waals surface area contributed by atoms with Crippen LogP contribution in [0.3, 0.4) is 0 Å². The molecule has 0 saturated carbocycles. The second-order valence-corrected chi connectivity index (χ2v) is 23.1. The minimum Gasteiger partial charge on any atom is -0.453 e. The first-order valence-corrected chi connectivity index (χ1v) is 40.5. The minimum atomic E-state index is 0.413. The van der Waals surface area contributed by atoms with E-state index in [1.165, 1.54) is 99.7 Å². The Bertz CT molecular complexity index is 4810. The van der Waals surface area contributed by atoms with Crippen LogP contribution in [-0.2, 0) is 28.2 Å². The quantitative estimate of drug-likeness (QED) is 0.161. The predicted octanol–water partition coefficient (Wildman–Crippen LogP) is 27.5. The van der Waals surface area contributed by atoms with Crippen LogP contribution >= 0.6 is 0 Å². The van der Waals surface area contributed by atoms with Gasteiger partial charge in [0.05, 0.1) is 10.9 Å². The lowest BCUT2D eigenvalue weighted by atomic mass is 10.00. The maximum Gasteiger partial charge on any atom is 0.220 e. The zero-order valence-electron chi connectivity index (χ0n) is 73.1. The fourth-order valence-corrected chi connectivity index (χ4v) is 12.0. The summed E-state index contributed by atoms with van der Waals surface area (Å²) >= 11 is 0. The van der Waals surface area contributed by atoms with Gasteiger partial charge in [-0.15, -0.1) is 0 Å². The lowest BCUT2D eigenvalue weighted by Gasteiger charge is -2.28. The normalized spacial score (nSPS) is 10.7.